The van der Waals surface area contributed by atoms with Gasteiger partial charge in [-0.25, -0.2) is 5.84 Å². The molecule has 0 amide bonds. The largest absolute Gasteiger partial charge is 0.353 e. The average molecular weight is 271 g/mol. The van der Waals surface area contributed by atoms with Crippen LogP contribution < -0.4 is 16.6 Å². The Labute approximate surface area is 119 Å². The third-order valence-electron chi connectivity index (χ3n) is 3.31. The first kappa shape index (κ1) is 18.2. The predicted molar refractivity (Wildman–Crippen MR) is 84.2 cm³/mol. The van der Waals surface area contributed by atoms with Crippen LogP contribution in [0.5, 0.6) is 0 Å². The van der Waals surface area contributed by atoms with E-state index >= 15 is 0 Å². The fourth-order valence-electron chi connectivity index (χ4n) is 1.95. The topological polar surface area (TPSA) is 65.7 Å². The smallest absolute Gasteiger partial charge is 0.205 e. The molecule has 0 aromatic carbocycles. The molecule has 0 saturated carbocycles. The number of hydrazine groups is 1. The van der Waals surface area contributed by atoms with Gasteiger partial charge in [0, 0.05) is 12.6 Å². The summed E-state index contributed by atoms with van der Waals surface area (Å²) in [6.45, 7) is 13.0. The number of unbranched alkanes of at least 4 members (excludes halogenated alkanes) is 1. The first-order valence-electron chi connectivity index (χ1n) is 7.67. The van der Waals surface area contributed by atoms with E-state index in [1.807, 2.05) is 0 Å². The molecule has 114 valence electrons. The highest BCUT2D eigenvalue weighted by Gasteiger charge is 2.05. The normalized spacial score (nSPS) is 13.7. The van der Waals surface area contributed by atoms with Crippen molar-refractivity contribution in [2.24, 2.45) is 10.8 Å². The molecule has 0 bridgehead atoms. The van der Waals surface area contributed by atoms with E-state index in [1.165, 1.54) is 6.42 Å². The first-order chi connectivity index (χ1) is 9.17. The van der Waals surface area contributed by atoms with Crippen molar-refractivity contribution in [1.29, 1.82) is 0 Å². The second kappa shape index (κ2) is 12.2. The van der Waals surface area contributed by atoms with Crippen molar-refractivity contribution in [3.63, 3.8) is 0 Å². The number of nitrogens with zero attached hydrogens (tertiary/aromatic N) is 2. The van der Waals surface area contributed by atoms with Gasteiger partial charge >= 0.3 is 0 Å². The van der Waals surface area contributed by atoms with Crippen LogP contribution in [0.1, 0.15) is 53.4 Å². The molecule has 0 aromatic rings. The van der Waals surface area contributed by atoms with Gasteiger partial charge in [0.2, 0.25) is 5.96 Å². The molecule has 0 spiro atoms. The molecule has 0 fully saturated rings. The van der Waals surface area contributed by atoms with Crippen molar-refractivity contribution >= 4 is 5.96 Å². The zero-order chi connectivity index (χ0) is 14.5. The standard InChI is InChI=1S/C14H33N5/c1-5-8-11-16-14(18-15)17-13(4)10-9-12-19(6-2)7-3/h13H,5-12,15H2,1-4H3,(H2,16,17,18). The molecule has 5 heteroatoms. The van der Waals surface area contributed by atoms with Gasteiger partial charge in [-0.3, -0.25) is 10.4 Å². The van der Waals surface area contributed by atoms with Crippen LogP contribution in [0.4, 0.5) is 0 Å². The maximum atomic E-state index is 5.47. The Balaban J connectivity index is 3.87. The van der Waals surface area contributed by atoms with Gasteiger partial charge in [-0.15, -0.1) is 0 Å². The molecule has 19 heavy (non-hydrogen) atoms. The molecule has 0 aliphatic heterocycles. The summed E-state index contributed by atoms with van der Waals surface area (Å²) in [5, 5.41) is 3.33. The molecule has 1 unspecified atom stereocenters. The van der Waals surface area contributed by atoms with Crippen molar-refractivity contribution in [1.82, 2.24) is 15.6 Å². The monoisotopic (exact) mass is 271 g/mol. The Morgan fingerprint density at radius 2 is 1.89 bits per heavy atom. The zero-order valence-corrected chi connectivity index (χ0v) is 13.2. The minimum Gasteiger partial charge on any atom is -0.353 e. The summed E-state index contributed by atoms with van der Waals surface area (Å²) in [4.78, 5) is 6.86. The number of nitrogens with one attached hydrogen (secondary N) is 2. The molecule has 1 atom stereocenters. The van der Waals surface area contributed by atoms with Gasteiger partial charge in [0.25, 0.3) is 0 Å². The van der Waals surface area contributed by atoms with Crippen LogP contribution in [0.3, 0.4) is 0 Å². The van der Waals surface area contributed by atoms with Gasteiger partial charge in [0.05, 0.1) is 0 Å². The Kier molecular flexibility index (Phi) is 11.7. The number of aliphatic imine (C=N–C) groups is 1. The highest BCUT2D eigenvalue weighted by atomic mass is 15.3. The Morgan fingerprint density at radius 1 is 1.21 bits per heavy atom. The molecule has 0 aromatic heterocycles. The van der Waals surface area contributed by atoms with E-state index in [0.29, 0.717) is 12.0 Å². The van der Waals surface area contributed by atoms with E-state index in [9.17, 15) is 0 Å². The summed E-state index contributed by atoms with van der Waals surface area (Å²) in [6.07, 6.45) is 4.58. The number of guanidine groups is 1. The maximum Gasteiger partial charge on any atom is 0.205 e. The molecule has 4 N–H and O–H groups in total. The lowest BCUT2D eigenvalue weighted by Crippen LogP contribution is -2.45. The maximum absolute atomic E-state index is 5.47. The molecule has 0 saturated heterocycles. The first-order valence-corrected chi connectivity index (χ1v) is 7.67. The van der Waals surface area contributed by atoms with Crippen LogP contribution in [0.2, 0.25) is 0 Å². The molecule has 0 aliphatic rings. The second-order valence-electron chi connectivity index (χ2n) is 4.94. The average Bonchev–Trinajstić information content (AvgIpc) is 2.42. The van der Waals surface area contributed by atoms with E-state index in [0.717, 1.165) is 45.4 Å². The van der Waals surface area contributed by atoms with Gasteiger partial charge in [-0.1, -0.05) is 27.2 Å². The van der Waals surface area contributed by atoms with Crippen molar-refractivity contribution in [2.75, 3.05) is 26.2 Å². The van der Waals surface area contributed by atoms with Crippen LogP contribution in [-0.2, 0) is 0 Å². The SMILES string of the molecule is CCCCN=C(NN)NC(C)CCCN(CC)CC. The lowest BCUT2D eigenvalue weighted by atomic mass is 10.2. The van der Waals surface area contributed by atoms with Crippen LogP contribution in [0.25, 0.3) is 0 Å². The Hall–Kier alpha value is -0.810. The summed E-state index contributed by atoms with van der Waals surface area (Å²) in [5.41, 5.74) is 2.64. The van der Waals surface area contributed by atoms with Gasteiger partial charge in [-0.05, 0) is 45.8 Å². The lowest BCUT2D eigenvalue weighted by Gasteiger charge is -2.20. The van der Waals surface area contributed by atoms with Crippen LogP contribution in [0, 0.1) is 0 Å². The van der Waals surface area contributed by atoms with Crippen molar-refractivity contribution in [3.05, 3.63) is 0 Å². The van der Waals surface area contributed by atoms with Crippen LogP contribution in [0.15, 0.2) is 4.99 Å². The number of hydrogen-bond acceptors (Lipinski definition) is 3. The highest BCUT2D eigenvalue weighted by Crippen LogP contribution is 1.99. The van der Waals surface area contributed by atoms with Gasteiger partial charge in [-0.2, -0.15) is 0 Å². The molecule has 0 heterocycles. The third-order valence-corrected chi connectivity index (χ3v) is 3.31. The predicted octanol–water partition coefficient (Wildman–Crippen LogP) is 1.71. The van der Waals surface area contributed by atoms with Crippen molar-refractivity contribution in [2.45, 2.75) is 59.4 Å². The van der Waals surface area contributed by atoms with Gasteiger partial charge in [0.15, 0.2) is 0 Å². The van der Waals surface area contributed by atoms with E-state index in [-0.39, 0.29) is 0 Å². The van der Waals surface area contributed by atoms with Gasteiger partial charge < -0.3 is 10.2 Å². The molecule has 0 rings (SSSR count). The minimum atomic E-state index is 0.395. The van der Waals surface area contributed by atoms with E-state index in [2.05, 4.69) is 48.3 Å². The number of hydrogen-bond donors (Lipinski definition) is 3. The number of rotatable bonds is 10. The summed E-state index contributed by atoms with van der Waals surface area (Å²) in [6, 6.07) is 0.395. The van der Waals surface area contributed by atoms with Crippen molar-refractivity contribution in [3.8, 4) is 0 Å². The van der Waals surface area contributed by atoms with E-state index in [4.69, 9.17) is 5.84 Å². The highest BCUT2D eigenvalue weighted by molar-refractivity contribution is 5.79. The van der Waals surface area contributed by atoms with Gasteiger partial charge in [0.1, 0.15) is 0 Å². The molecular formula is C14H33N5. The zero-order valence-electron chi connectivity index (χ0n) is 13.2. The minimum absolute atomic E-state index is 0.395. The van der Waals surface area contributed by atoms with Crippen molar-refractivity contribution < 1.29 is 0 Å². The third kappa shape index (κ3) is 9.73. The van der Waals surface area contributed by atoms with E-state index in [1.54, 1.807) is 0 Å². The summed E-state index contributed by atoms with van der Waals surface area (Å²) in [7, 11) is 0. The molecular weight excluding hydrogens is 238 g/mol. The quantitative estimate of drug-likeness (QED) is 0.186. The Bertz CT molecular complexity index is 226. The summed E-state index contributed by atoms with van der Waals surface area (Å²) < 4.78 is 0. The second-order valence-corrected chi connectivity index (χ2v) is 4.94. The van der Waals surface area contributed by atoms with Crippen LogP contribution >= 0.6 is 0 Å². The molecule has 0 radical (unpaired) electrons. The molecule has 5 nitrogen and oxygen atoms in total. The fraction of sp³-hybridized carbons (Fsp3) is 0.929. The summed E-state index contributed by atoms with van der Waals surface area (Å²) >= 11 is 0. The number of nitrogens with two attached hydrogens (primary N) is 1. The summed E-state index contributed by atoms with van der Waals surface area (Å²) in [5.74, 6) is 6.18. The Morgan fingerprint density at radius 3 is 2.42 bits per heavy atom. The molecule has 0 aliphatic carbocycles. The van der Waals surface area contributed by atoms with Crippen LogP contribution in [-0.4, -0.2) is 43.1 Å². The van der Waals surface area contributed by atoms with E-state index < -0.39 is 0 Å². The lowest BCUT2D eigenvalue weighted by molar-refractivity contribution is 0.292. The fourth-order valence-corrected chi connectivity index (χ4v) is 1.95.